The van der Waals surface area contributed by atoms with Crippen molar-refractivity contribution in [3.63, 3.8) is 0 Å². The van der Waals surface area contributed by atoms with Gasteiger partial charge in [-0.2, -0.15) is 0 Å². The Bertz CT molecular complexity index is 930. The Labute approximate surface area is 170 Å². The summed E-state index contributed by atoms with van der Waals surface area (Å²) in [5.74, 6) is -0.417. The summed E-state index contributed by atoms with van der Waals surface area (Å²) in [6.07, 6.45) is 1.04. The highest BCUT2D eigenvalue weighted by atomic mass is 35.5. The van der Waals surface area contributed by atoms with Crippen LogP contribution in [0.5, 0.6) is 0 Å². The van der Waals surface area contributed by atoms with Gasteiger partial charge in [-0.15, -0.1) is 0 Å². The summed E-state index contributed by atoms with van der Waals surface area (Å²) < 4.78 is 25.7. The van der Waals surface area contributed by atoms with Crippen LogP contribution in [0.25, 0.3) is 0 Å². The number of hydrogen-bond donors (Lipinski definition) is 1. The van der Waals surface area contributed by atoms with Crippen molar-refractivity contribution in [3.8, 4) is 0 Å². The zero-order chi connectivity index (χ0) is 20.4. The van der Waals surface area contributed by atoms with E-state index in [4.69, 9.17) is 23.2 Å². The molecule has 2 aromatic rings. The maximum atomic E-state index is 12.7. The van der Waals surface area contributed by atoms with E-state index < -0.39 is 22.0 Å². The summed E-state index contributed by atoms with van der Waals surface area (Å²) in [4.78, 5) is 12.7. The van der Waals surface area contributed by atoms with Crippen molar-refractivity contribution in [2.75, 3.05) is 10.6 Å². The minimum Gasteiger partial charge on any atom is -0.348 e. The minimum absolute atomic E-state index is 0.212. The van der Waals surface area contributed by atoms with Gasteiger partial charge in [0, 0.05) is 0 Å². The van der Waals surface area contributed by atoms with Crippen LogP contribution in [0.1, 0.15) is 31.0 Å². The molecule has 5 nitrogen and oxygen atoms in total. The van der Waals surface area contributed by atoms with Crippen LogP contribution in [0.15, 0.2) is 42.5 Å². The molecule has 0 aliphatic heterocycles. The highest BCUT2D eigenvalue weighted by molar-refractivity contribution is 7.92. The van der Waals surface area contributed by atoms with Gasteiger partial charge in [-0.25, -0.2) is 8.42 Å². The van der Waals surface area contributed by atoms with E-state index >= 15 is 0 Å². The van der Waals surface area contributed by atoms with Crippen LogP contribution in [0, 0.1) is 6.92 Å². The Kier molecular flexibility index (Phi) is 6.78. The monoisotopic (exact) mass is 428 g/mol. The zero-order valence-electron chi connectivity index (χ0n) is 15.5. The molecule has 2 rings (SSSR count). The van der Waals surface area contributed by atoms with Crippen LogP contribution in [0.4, 0.5) is 5.69 Å². The first-order chi connectivity index (χ1) is 12.5. The first-order valence-corrected chi connectivity index (χ1v) is 10.9. The number of rotatable bonds is 6. The average Bonchev–Trinajstić information content (AvgIpc) is 2.57. The first kappa shape index (κ1) is 21.5. The molecule has 0 aromatic heterocycles. The molecule has 8 heteroatoms. The maximum absolute atomic E-state index is 12.7. The highest BCUT2D eigenvalue weighted by Crippen LogP contribution is 2.29. The lowest BCUT2D eigenvalue weighted by Crippen LogP contribution is -2.48. The Morgan fingerprint density at radius 1 is 1.04 bits per heavy atom. The van der Waals surface area contributed by atoms with E-state index in [2.05, 4.69) is 5.32 Å². The molecule has 0 aliphatic carbocycles. The molecule has 0 heterocycles. The number of anilines is 1. The van der Waals surface area contributed by atoms with Crippen molar-refractivity contribution in [1.29, 1.82) is 0 Å². The molecular formula is C19H22Cl2N2O3S. The second-order valence-corrected chi connectivity index (χ2v) is 9.15. The number of benzene rings is 2. The summed E-state index contributed by atoms with van der Waals surface area (Å²) in [6, 6.07) is 11.0. The Hall–Kier alpha value is -1.76. The number of carbonyl (C=O) groups excluding carboxylic acids is 1. The van der Waals surface area contributed by atoms with Gasteiger partial charge >= 0.3 is 0 Å². The standard InChI is InChI=1S/C19H22Cl2N2O3S/c1-12-5-7-15(8-6-12)13(2)22-19(24)14(3)23(27(4,25)26)16-9-10-17(20)18(21)11-16/h5-11,13-14H,1-4H3,(H,22,24). The number of halogens is 2. The molecule has 0 aliphatic rings. The zero-order valence-corrected chi connectivity index (χ0v) is 17.9. The Morgan fingerprint density at radius 3 is 2.15 bits per heavy atom. The fraction of sp³-hybridized carbons (Fsp3) is 0.316. The summed E-state index contributed by atoms with van der Waals surface area (Å²) in [7, 11) is -3.73. The predicted octanol–water partition coefficient (Wildman–Crippen LogP) is 4.33. The smallest absolute Gasteiger partial charge is 0.244 e. The number of carbonyl (C=O) groups is 1. The molecule has 0 radical (unpaired) electrons. The van der Waals surface area contributed by atoms with Gasteiger partial charge in [0.25, 0.3) is 0 Å². The van der Waals surface area contributed by atoms with Gasteiger partial charge in [0.1, 0.15) is 6.04 Å². The lowest BCUT2D eigenvalue weighted by Gasteiger charge is -2.29. The van der Waals surface area contributed by atoms with Crippen molar-refractivity contribution in [3.05, 3.63) is 63.6 Å². The van der Waals surface area contributed by atoms with Crippen LogP contribution in [-0.2, 0) is 14.8 Å². The number of nitrogens with one attached hydrogen (secondary N) is 1. The van der Waals surface area contributed by atoms with Crippen molar-refractivity contribution in [1.82, 2.24) is 5.32 Å². The predicted molar refractivity (Wildman–Crippen MR) is 111 cm³/mol. The van der Waals surface area contributed by atoms with E-state index in [9.17, 15) is 13.2 Å². The third kappa shape index (κ3) is 5.37. The van der Waals surface area contributed by atoms with E-state index in [0.717, 1.165) is 21.7 Å². The normalized spacial score (nSPS) is 13.7. The minimum atomic E-state index is -3.73. The fourth-order valence-electron chi connectivity index (χ4n) is 2.70. The van der Waals surface area contributed by atoms with Crippen LogP contribution >= 0.6 is 23.2 Å². The second kappa shape index (κ2) is 8.50. The molecule has 2 unspecified atom stereocenters. The third-order valence-electron chi connectivity index (χ3n) is 4.18. The van der Waals surface area contributed by atoms with E-state index in [1.54, 1.807) is 0 Å². The van der Waals surface area contributed by atoms with Crippen LogP contribution in [0.2, 0.25) is 10.0 Å². The maximum Gasteiger partial charge on any atom is 0.244 e. The molecule has 1 amide bonds. The number of hydrogen-bond acceptors (Lipinski definition) is 3. The number of sulfonamides is 1. The average molecular weight is 429 g/mol. The summed E-state index contributed by atoms with van der Waals surface area (Å²) >= 11 is 11.9. The fourth-order valence-corrected chi connectivity index (χ4v) is 4.16. The largest absolute Gasteiger partial charge is 0.348 e. The van der Waals surface area contributed by atoms with E-state index in [1.807, 2.05) is 38.1 Å². The molecule has 27 heavy (non-hydrogen) atoms. The lowest BCUT2D eigenvalue weighted by molar-refractivity contribution is -0.122. The van der Waals surface area contributed by atoms with Crippen molar-refractivity contribution >= 4 is 44.8 Å². The van der Waals surface area contributed by atoms with Crippen molar-refractivity contribution in [2.24, 2.45) is 0 Å². The molecule has 146 valence electrons. The summed E-state index contributed by atoms with van der Waals surface area (Å²) in [5, 5.41) is 3.38. The van der Waals surface area contributed by atoms with Crippen LogP contribution in [0.3, 0.4) is 0 Å². The Morgan fingerprint density at radius 2 is 1.63 bits per heavy atom. The van der Waals surface area contributed by atoms with E-state index in [1.165, 1.54) is 25.1 Å². The number of nitrogens with zero attached hydrogens (tertiary/aromatic N) is 1. The van der Waals surface area contributed by atoms with Crippen molar-refractivity contribution in [2.45, 2.75) is 32.9 Å². The molecule has 2 atom stereocenters. The van der Waals surface area contributed by atoms with Gasteiger partial charge in [-0.1, -0.05) is 53.0 Å². The first-order valence-electron chi connectivity index (χ1n) is 8.32. The topological polar surface area (TPSA) is 66.5 Å². The molecule has 0 spiro atoms. The summed E-state index contributed by atoms with van der Waals surface area (Å²) in [5.41, 5.74) is 2.33. The lowest BCUT2D eigenvalue weighted by atomic mass is 10.1. The van der Waals surface area contributed by atoms with Crippen molar-refractivity contribution < 1.29 is 13.2 Å². The molecule has 0 fully saturated rings. The molecule has 0 saturated carbocycles. The number of amides is 1. The van der Waals surface area contributed by atoms with Gasteiger partial charge in [0.05, 0.1) is 28.0 Å². The van der Waals surface area contributed by atoms with E-state index in [-0.39, 0.29) is 16.8 Å². The molecule has 0 saturated heterocycles. The molecular weight excluding hydrogens is 407 g/mol. The second-order valence-electron chi connectivity index (χ2n) is 6.47. The van der Waals surface area contributed by atoms with Gasteiger partial charge < -0.3 is 5.32 Å². The quantitative estimate of drug-likeness (QED) is 0.743. The number of aryl methyl sites for hydroxylation is 1. The highest BCUT2D eigenvalue weighted by Gasteiger charge is 2.30. The van der Waals surface area contributed by atoms with Gasteiger partial charge in [-0.3, -0.25) is 9.10 Å². The van der Waals surface area contributed by atoms with Gasteiger partial charge in [0.15, 0.2) is 0 Å². The van der Waals surface area contributed by atoms with Crippen LogP contribution in [-0.4, -0.2) is 26.6 Å². The Balaban J connectivity index is 2.26. The van der Waals surface area contributed by atoms with Crippen LogP contribution < -0.4 is 9.62 Å². The van der Waals surface area contributed by atoms with E-state index in [0.29, 0.717) is 5.02 Å². The molecule has 2 aromatic carbocycles. The molecule has 0 bridgehead atoms. The SMILES string of the molecule is Cc1ccc(C(C)NC(=O)C(C)N(c2ccc(Cl)c(Cl)c2)S(C)(=O)=O)cc1. The third-order valence-corrected chi connectivity index (χ3v) is 6.16. The summed E-state index contributed by atoms with van der Waals surface area (Å²) in [6.45, 7) is 5.36. The molecule has 1 N–H and O–H groups in total. The van der Waals surface area contributed by atoms with Gasteiger partial charge in [0.2, 0.25) is 15.9 Å². The van der Waals surface area contributed by atoms with Gasteiger partial charge in [-0.05, 0) is 44.5 Å².